The Morgan fingerprint density at radius 1 is 1.03 bits per heavy atom. The highest BCUT2D eigenvalue weighted by atomic mass is 79.9. The van der Waals surface area contributed by atoms with E-state index in [1.165, 1.54) is 42.5 Å². The fourth-order valence-corrected chi connectivity index (χ4v) is 3.24. The molecule has 168 valence electrons. The maximum atomic E-state index is 12.3. The van der Waals surface area contributed by atoms with Crippen molar-refractivity contribution in [2.75, 3.05) is 0 Å². The van der Waals surface area contributed by atoms with Crippen molar-refractivity contribution in [2.45, 2.75) is 0 Å². The highest BCUT2D eigenvalue weighted by Gasteiger charge is 2.24. The Hall–Kier alpha value is -4.37. The van der Waals surface area contributed by atoms with Gasteiger partial charge in [-0.2, -0.15) is 0 Å². The molecule has 0 spiro atoms. The molecule has 1 aliphatic rings. The molecule has 4 rings (SSSR count). The number of carbonyl (C=O) groups excluding carboxylic acids is 2. The molecule has 0 amide bonds. The van der Waals surface area contributed by atoms with Gasteiger partial charge in [0.2, 0.25) is 5.90 Å². The summed E-state index contributed by atoms with van der Waals surface area (Å²) in [4.78, 5) is 39.1. The summed E-state index contributed by atoms with van der Waals surface area (Å²) in [6.07, 6.45) is 4.17. The number of carbonyl (C=O) groups is 2. The van der Waals surface area contributed by atoms with E-state index in [0.29, 0.717) is 16.7 Å². The molecule has 0 aromatic heterocycles. The van der Waals surface area contributed by atoms with Crippen molar-refractivity contribution >= 4 is 51.6 Å². The zero-order chi connectivity index (χ0) is 24.1. The summed E-state index contributed by atoms with van der Waals surface area (Å²) in [5.41, 5.74) is 1.74. The summed E-state index contributed by atoms with van der Waals surface area (Å²) >= 11 is 3.35. The van der Waals surface area contributed by atoms with Crippen molar-refractivity contribution in [1.82, 2.24) is 0 Å². The van der Waals surface area contributed by atoms with Crippen LogP contribution in [0.3, 0.4) is 0 Å². The molecule has 3 aromatic carbocycles. The van der Waals surface area contributed by atoms with Crippen molar-refractivity contribution in [3.05, 3.63) is 116 Å². The molecule has 0 saturated carbocycles. The molecule has 1 heterocycles. The number of nitro benzene ring substituents is 1. The zero-order valence-corrected chi connectivity index (χ0v) is 19.0. The number of halogens is 1. The highest BCUT2D eigenvalue weighted by Crippen LogP contribution is 2.25. The van der Waals surface area contributed by atoms with Crippen LogP contribution in [0.1, 0.15) is 16.7 Å². The molecular weight excluding hydrogens is 504 g/mol. The molecule has 3 aromatic rings. The normalized spacial score (nSPS) is 14.2. The number of hydrogen-bond donors (Lipinski definition) is 0. The van der Waals surface area contributed by atoms with Crippen molar-refractivity contribution < 1.29 is 24.0 Å². The lowest BCUT2D eigenvalue weighted by Crippen LogP contribution is -2.06. The summed E-state index contributed by atoms with van der Waals surface area (Å²) in [7, 11) is 0. The van der Waals surface area contributed by atoms with E-state index >= 15 is 0 Å². The first-order valence-corrected chi connectivity index (χ1v) is 10.7. The van der Waals surface area contributed by atoms with Gasteiger partial charge in [0, 0.05) is 33.8 Å². The Morgan fingerprint density at radius 2 is 1.74 bits per heavy atom. The average Bonchev–Trinajstić information content (AvgIpc) is 3.19. The number of cyclic esters (lactones) is 1. The maximum absolute atomic E-state index is 12.3. The fraction of sp³-hybridized carbons (Fsp3) is 0. The third-order valence-electron chi connectivity index (χ3n) is 4.65. The van der Waals surface area contributed by atoms with Gasteiger partial charge in [0.25, 0.3) is 5.69 Å². The lowest BCUT2D eigenvalue weighted by Gasteiger charge is -2.05. The molecule has 0 aliphatic carbocycles. The predicted octanol–water partition coefficient (Wildman–Crippen LogP) is 5.32. The Morgan fingerprint density at radius 3 is 2.44 bits per heavy atom. The van der Waals surface area contributed by atoms with Gasteiger partial charge in [-0.25, -0.2) is 14.6 Å². The lowest BCUT2D eigenvalue weighted by atomic mass is 10.1. The number of aliphatic imine (C=N–C) groups is 1. The summed E-state index contributed by atoms with van der Waals surface area (Å²) in [6.45, 7) is 0. The third kappa shape index (κ3) is 5.51. The number of non-ortho nitro benzene ring substituents is 1. The number of rotatable bonds is 6. The Balaban J connectivity index is 1.51. The molecular formula is C25H15BrN2O6. The van der Waals surface area contributed by atoms with Gasteiger partial charge in [0.1, 0.15) is 5.75 Å². The maximum Gasteiger partial charge on any atom is 0.363 e. The van der Waals surface area contributed by atoms with Gasteiger partial charge < -0.3 is 9.47 Å². The molecule has 9 heteroatoms. The fourth-order valence-electron chi connectivity index (χ4n) is 2.98. The number of nitro groups is 1. The molecule has 0 N–H and O–H groups in total. The summed E-state index contributed by atoms with van der Waals surface area (Å²) in [5.74, 6) is -0.855. The van der Waals surface area contributed by atoms with Crippen LogP contribution in [-0.4, -0.2) is 22.8 Å². The van der Waals surface area contributed by atoms with Crippen LogP contribution in [0.25, 0.3) is 12.2 Å². The monoisotopic (exact) mass is 518 g/mol. The van der Waals surface area contributed by atoms with Gasteiger partial charge in [-0.05, 0) is 60.2 Å². The Labute approximate surface area is 202 Å². The first-order chi connectivity index (χ1) is 16.4. The van der Waals surface area contributed by atoms with Crippen LogP contribution in [-0.2, 0) is 14.3 Å². The summed E-state index contributed by atoms with van der Waals surface area (Å²) in [6, 6.07) is 19.6. The first-order valence-electron chi connectivity index (χ1n) is 9.91. The second kappa shape index (κ2) is 10.1. The Kier molecular flexibility index (Phi) is 6.74. The minimum absolute atomic E-state index is 0.0434. The standard InChI is InChI=1S/C25H15BrN2O6/c26-19-10-8-17(9-11-19)24-27-21(25(30)34-24)15-18-3-1-2-4-22(18)33-23(29)14-7-16-5-12-20(13-6-16)28(31)32/h1-15H/b14-7+,21-15-. The smallest absolute Gasteiger partial charge is 0.363 e. The Bertz CT molecular complexity index is 1360. The van der Waals surface area contributed by atoms with Gasteiger partial charge in [-0.3, -0.25) is 10.1 Å². The van der Waals surface area contributed by atoms with E-state index in [9.17, 15) is 19.7 Å². The van der Waals surface area contributed by atoms with Crippen LogP contribution in [0.5, 0.6) is 5.75 Å². The number of esters is 2. The third-order valence-corrected chi connectivity index (χ3v) is 5.18. The predicted molar refractivity (Wildman–Crippen MR) is 129 cm³/mol. The average molecular weight is 519 g/mol. The minimum atomic E-state index is -0.655. The van der Waals surface area contributed by atoms with Gasteiger partial charge in [0.05, 0.1) is 4.92 Å². The molecule has 34 heavy (non-hydrogen) atoms. The van der Waals surface area contributed by atoms with Crippen LogP contribution in [0, 0.1) is 10.1 Å². The van der Waals surface area contributed by atoms with Gasteiger partial charge >= 0.3 is 11.9 Å². The van der Waals surface area contributed by atoms with Gasteiger partial charge in [-0.1, -0.05) is 34.1 Å². The SMILES string of the molecule is O=C(/C=C/c1ccc([N+](=O)[O-])cc1)Oc1ccccc1/C=C1\N=C(c2ccc(Br)cc2)OC1=O. The molecule has 0 bridgehead atoms. The number of ether oxygens (including phenoxy) is 2. The lowest BCUT2D eigenvalue weighted by molar-refractivity contribution is -0.384. The van der Waals surface area contributed by atoms with E-state index in [1.54, 1.807) is 36.4 Å². The first kappa shape index (κ1) is 22.8. The quantitative estimate of drug-likeness (QED) is 0.143. The van der Waals surface area contributed by atoms with Crippen LogP contribution < -0.4 is 4.74 Å². The van der Waals surface area contributed by atoms with E-state index in [-0.39, 0.29) is 23.0 Å². The second-order valence-corrected chi connectivity index (χ2v) is 7.90. The molecule has 0 unspecified atom stereocenters. The minimum Gasteiger partial charge on any atom is -0.423 e. The zero-order valence-electron chi connectivity index (χ0n) is 17.4. The molecule has 8 nitrogen and oxygen atoms in total. The van der Waals surface area contributed by atoms with E-state index in [1.807, 2.05) is 12.1 Å². The largest absolute Gasteiger partial charge is 0.423 e. The van der Waals surface area contributed by atoms with Crippen LogP contribution in [0.4, 0.5) is 5.69 Å². The molecule has 0 fully saturated rings. The van der Waals surface area contributed by atoms with E-state index in [2.05, 4.69) is 20.9 Å². The van der Waals surface area contributed by atoms with Crippen molar-refractivity contribution in [1.29, 1.82) is 0 Å². The molecule has 0 saturated heterocycles. The van der Waals surface area contributed by atoms with Crippen molar-refractivity contribution in [3.8, 4) is 5.75 Å². The summed E-state index contributed by atoms with van der Waals surface area (Å²) < 4.78 is 11.6. The van der Waals surface area contributed by atoms with E-state index in [4.69, 9.17) is 9.47 Å². The molecule has 0 atom stereocenters. The highest BCUT2D eigenvalue weighted by molar-refractivity contribution is 9.10. The van der Waals surface area contributed by atoms with Crippen molar-refractivity contribution in [3.63, 3.8) is 0 Å². The van der Waals surface area contributed by atoms with Crippen LogP contribution in [0.15, 0.2) is 94.0 Å². The summed E-state index contributed by atoms with van der Waals surface area (Å²) in [5, 5.41) is 10.7. The van der Waals surface area contributed by atoms with Crippen molar-refractivity contribution in [2.24, 2.45) is 4.99 Å². The number of nitrogens with zero attached hydrogens (tertiary/aromatic N) is 2. The van der Waals surface area contributed by atoms with E-state index < -0.39 is 16.9 Å². The van der Waals surface area contributed by atoms with Crippen LogP contribution >= 0.6 is 15.9 Å². The molecule has 1 aliphatic heterocycles. The number of hydrogen-bond acceptors (Lipinski definition) is 7. The van der Waals surface area contributed by atoms with E-state index in [0.717, 1.165) is 4.47 Å². The molecule has 0 radical (unpaired) electrons. The number of benzene rings is 3. The number of para-hydroxylation sites is 1. The van der Waals surface area contributed by atoms with Gasteiger partial charge in [0.15, 0.2) is 5.70 Å². The second-order valence-electron chi connectivity index (χ2n) is 6.98. The van der Waals surface area contributed by atoms with Gasteiger partial charge in [-0.15, -0.1) is 0 Å². The van der Waals surface area contributed by atoms with Crippen LogP contribution in [0.2, 0.25) is 0 Å². The topological polar surface area (TPSA) is 108 Å².